The van der Waals surface area contributed by atoms with Gasteiger partial charge in [0.1, 0.15) is 42.4 Å². The molecule has 0 aliphatic carbocycles. The topological polar surface area (TPSA) is 335 Å². The van der Waals surface area contributed by atoms with Crippen molar-refractivity contribution in [3.63, 3.8) is 0 Å². The maximum atomic E-state index is 12.4. The number of phosphoric acid groups is 2. The molecule has 240 valence electrons. The number of nitrogen functional groups attached to an aromatic ring is 1. The van der Waals surface area contributed by atoms with E-state index in [0.29, 0.717) is 0 Å². The van der Waals surface area contributed by atoms with Crippen molar-refractivity contribution in [2.24, 2.45) is 0 Å². The fraction of sp³-hybridized carbons (Fsp3) is 0.632. The minimum absolute atomic E-state index is 0.0322. The van der Waals surface area contributed by atoms with Crippen LogP contribution in [0.15, 0.2) is 12.7 Å². The number of nitrogens with zero attached hydrogens (tertiary/aromatic N) is 4. The SMILES string of the molecule is Nc1ncnc2c1ncn2[C@@H]1O[C@H](COP(=O)(O)OP(=O)(O)OC[C@H]2OC(O)[C@H](O)[C@@H]2OC(=O)CCC(=O)O)[C@@H](O)[C@H]1O. The van der Waals surface area contributed by atoms with Gasteiger partial charge < -0.3 is 55.3 Å². The molecule has 2 aromatic heterocycles. The van der Waals surface area contributed by atoms with E-state index in [1.54, 1.807) is 0 Å². The second-order valence-corrected chi connectivity index (χ2v) is 12.2. The van der Waals surface area contributed by atoms with Gasteiger partial charge in [0.2, 0.25) is 0 Å². The van der Waals surface area contributed by atoms with E-state index in [9.17, 15) is 48.9 Å². The van der Waals surface area contributed by atoms with Crippen LogP contribution in [0.4, 0.5) is 5.82 Å². The fourth-order valence-electron chi connectivity index (χ4n) is 4.08. The maximum absolute atomic E-state index is 12.4. The van der Waals surface area contributed by atoms with Gasteiger partial charge in [0.05, 0.1) is 32.4 Å². The Hall–Kier alpha value is -2.69. The zero-order chi connectivity index (χ0) is 31.7. The van der Waals surface area contributed by atoms with E-state index in [-0.39, 0.29) is 17.0 Å². The highest BCUT2D eigenvalue weighted by Gasteiger charge is 2.48. The summed E-state index contributed by atoms with van der Waals surface area (Å²) in [7, 11) is -10.9. The Kier molecular flexibility index (Phi) is 10.1. The van der Waals surface area contributed by atoms with Gasteiger partial charge in [-0.1, -0.05) is 0 Å². The van der Waals surface area contributed by atoms with Crippen LogP contribution in [0.1, 0.15) is 19.1 Å². The highest BCUT2D eigenvalue weighted by molar-refractivity contribution is 7.61. The van der Waals surface area contributed by atoms with E-state index >= 15 is 0 Å². The Morgan fingerprint density at radius 2 is 1.58 bits per heavy atom. The van der Waals surface area contributed by atoms with Gasteiger partial charge in [0.25, 0.3) is 0 Å². The Labute approximate surface area is 239 Å². The Morgan fingerprint density at radius 3 is 2.23 bits per heavy atom. The van der Waals surface area contributed by atoms with E-state index in [0.717, 1.165) is 6.33 Å². The molecule has 10 atom stereocenters. The van der Waals surface area contributed by atoms with Crippen molar-refractivity contribution in [1.29, 1.82) is 0 Å². The highest BCUT2D eigenvalue weighted by Crippen LogP contribution is 2.60. The number of ether oxygens (including phenoxy) is 3. The monoisotopic (exact) mass is 659 g/mol. The Morgan fingerprint density at radius 1 is 0.930 bits per heavy atom. The molecule has 0 saturated carbocycles. The molecule has 22 nitrogen and oxygen atoms in total. The number of nitrogens with two attached hydrogens (primary N) is 1. The van der Waals surface area contributed by atoms with Crippen molar-refractivity contribution in [1.82, 2.24) is 19.5 Å². The standard InChI is InChI=1S/C19H27N5O17P2/c20-16-11-17(22-5-21-16)24(6-23-11)18-13(29)12(28)7(38-18)3-36-42(32,33)41-43(34,35)37-4-8-15(14(30)19(31)39-8)40-10(27)2-1-9(25)26/h5-8,12-15,18-19,28-31H,1-4H2,(H,25,26)(H,32,33)(H,34,35)(H2,20,21,22)/t7-,8-,12-,13-,14-,15-,18-,19?/m1/s1. The summed E-state index contributed by atoms with van der Waals surface area (Å²) in [6.07, 6.45) is -12.0. The third-order valence-corrected chi connectivity index (χ3v) is 8.73. The summed E-state index contributed by atoms with van der Waals surface area (Å²) < 4.78 is 54.6. The van der Waals surface area contributed by atoms with Crippen molar-refractivity contribution >= 4 is 44.6 Å². The summed E-state index contributed by atoms with van der Waals surface area (Å²) >= 11 is 0. The van der Waals surface area contributed by atoms with Crippen LogP contribution in [0, 0.1) is 0 Å². The van der Waals surface area contributed by atoms with Crippen molar-refractivity contribution in [3.05, 3.63) is 12.7 Å². The molecule has 3 unspecified atom stereocenters. The average molecular weight is 659 g/mol. The van der Waals surface area contributed by atoms with E-state index in [2.05, 4.69) is 28.3 Å². The number of fused-ring (bicyclic) bond motifs is 1. The average Bonchev–Trinajstić information content (AvgIpc) is 3.55. The lowest BCUT2D eigenvalue weighted by atomic mass is 10.1. The molecule has 4 rings (SSSR count). The van der Waals surface area contributed by atoms with Gasteiger partial charge >= 0.3 is 27.6 Å². The predicted octanol–water partition coefficient (Wildman–Crippen LogP) is -2.87. The highest BCUT2D eigenvalue weighted by atomic mass is 31.3. The van der Waals surface area contributed by atoms with E-state index in [1.807, 2.05) is 0 Å². The molecular weight excluding hydrogens is 632 g/mol. The van der Waals surface area contributed by atoms with Gasteiger partial charge in [-0.15, -0.1) is 0 Å². The summed E-state index contributed by atoms with van der Waals surface area (Å²) in [5.74, 6) is -2.38. The molecule has 0 radical (unpaired) electrons. The van der Waals surface area contributed by atoms with Crippen molar-refractivity contribution in [2.75, 3.05) is 18.9 Å². The first-order chi connectivity index (χ1) is 20.1. The number of aliphatic hydroxyl groups is 4. The number of aliphatic hydroxyl groups excluding tert-OH is 4. The van der Waals surface area contributed by atoms with E-state index < -0.39 is 103 Å². The first kappa shape index (κ1) is 33.2. The fourth-order valence-corrected chi connectivity index (χ4v) is 6.18. The number of carboxylic acid groups (broad SMARTS) is 1. The first-order valence-electron chi connectivity index (χ1n) is 12.1. The number of carboxylic acids is 1. The summed E-state index contributed by atoms with van der Waals surface area (Å²) in [5.41, 5.74) is 6.04. The molecule has 2 fully saturated rings. The lowest BCUT2D eigenvalue weighted by Gasteiger charge is -2.22. The number of esters is 1. The number of aliphatic carboxylic acids is 1. The largest absolute Gasteiger partial charge is 0.481 e. The molecule has 2 aliphatic rings. The molecule has 0 amide bonds. The van der Waals surface area contributed by atoms with E-state index in [1.165, 1.54) is 10.9 Å². The van der Waals surface area contributed by atoms with Crippen molar-refractivity contribution in [3.8, 4) is 0 Å². The minimum atomic E-state index is -5.46. The molecule has 4 heterocycles. The van der Waals surface area contributed by atoms with Gasteiger partial charge in [-0.3, -0.25) is 23.2 Å². The third-order valence-electron chi connectivity index (χ3n) is 6.13. The lowest BCUT2D eigenvalue weighted by molar-refractivity contribution is -0.158. The number of carbonyl (C=O) groups is 2. The molecule has 0 spiro atoms. The summed E-state index contributed by atoms with van der Waals surface area (Å²) in [6.45, 7) is -1.98. The zero-order valence-corrected chi connectivity index (χ0v) is 23.4. The van der Waals surface area contributed by atoms with Crippen molar-refractivity contribution < 1.29 is 81.6 Å². The summed E-state index contributed by atoms with van der Waals surface area (Å²) in [6, 6.07) is 0. The molecule has 24 heteroatoms. The van der Waals surface area contributed by atoms with Gasteiger partial charge in [-0.2, -0.15) is 4.31 Å². The lowest BCUT2D eigenvalue weighted by Crippen LogP contribution is -2.38. The van der Waals surface area contributed by atoms with Crippen molar-refractivity contribution in [2.45, 2.75) is 62.0 Å². The second-order valence-electron chi connectivity index (χ2n) is 9.14. The third kappa shape index (κ3) is 7.88. The van der Waals surface area contributed by atoms with Gasteiger partial charge in [0, 0.05) is 0 Å². The number of imidazole rings is 1. The van der Waals surface area contributed by atoms with E-state index in [4.69, 9.17) is 25.1 Å². The first-order valence-corrected chi connectivity index (χ1v) is 15.1. The molecule has 0 bridgehead atoms. The summed E-state index contributed by atoms with van der Waals surface area (Å²) in [4.78, 5) is 54.1. The normalized spacial score (nSPS) is 32.0. The second kappa shape index (κ2) is 13.1. The molecule has 2 aromatic rings. The smallest absolute Gasteiger partial charge is 0.481 e. The van der Waals surface area contributed by atoms with Gasteiger partial charge in [-0.25, -0.2) is 24.1 Å². The number of aromatic nitrogens is 4. The van der Waals surface area contributed by atoms with Gasteiger partial charge in [-0.05, 0) is 0 Å². The number of phosphoric ester groups is 2. The minimum Gasteiger partial charge on any atom is -0.481 e. The van der Waals surface area contributed by atoms with Crippen LogP contribution in [0.3, 0.4) is 0 Å². The number of hydrogen-bond acceptors (Lipinski definition) is 18. The van der Waals surface area contributed by atoms with Crippen LogP contribution in [0.5, 0.6) is 0 Å². The van der Waals surface area contributed by atoms with Crippen LogP contribution < -0.4 is 5.73 Å². The van der Waals surface area contributed by atoms with Crippen LogP contribution >= 0.6 is 15.6 Å². The molecule has 2 saturated heterocycles. The van der Waals surface area contributed by atoms with Crippen LogP contribution in [0.25, 0.3) is 11.2 Å². The molecule has 0 aromatic carbocycles. The molecule has 43 heavy (non-hydrogen) atoms. The number of carbonyl (C=O) groups excluding carboxylic acids is 1. The maximum Gasteiger partial charge on any atom is 0.481 e. The summed E-state index contributed by atoms with van der Waals surface area (Å²) in [5, 5.41) is 49.1. The number of rotatable bonds is 13. The quantitative estimate of drug-likeness (QED) is 0.0791. The number of anilines is 1. The molecule has 9 N–H and O–H groups in total. The molecular formula is C19H27N5O17P2. The predicted molar refractivity (Wildman–Crippen MR) is 132 cm³/mol. The Balaban J connectivity index is 1.31. The van der Waals surface area contributed by atoms with Crippen LogP contribution in [-0.4, -0.2) is 123 Å². The number of hydrogen-bond donors (Lipinski definition) is 8. The van der Waals surface area contributed by atoms with Crippen LogP contribution in [0.2, 0.25) is 0 Å². The van der Waals surface area contributed by atoms with Gasteiger partial charge in [0.15, 0.2) is 30.1 Å². The molecule has 2 aliphatic heterocycles. The van der Waals surface area contributed by atoms with Crippen LogP contribution in [-0.2, 0) is 46.3 Å². The zero-order valence-electron chi connectivity index (χ0n) is 21.6. The Bertz CT molecular complexity index is 1430.